The Morgan fingerprint density at radius 3 is 2.38 bits per heavy atom. The van der Waals surface area contributed by atoms with Crippen molar-refractivity contribution in [3.8, 4) is 16.9 Å². The third kappa shape index (κ3) is 5.38. The van der Waals surface area contributed by atoms with Crippen LogP contribution < -0.4 is 14.5 Å². The average Bonchev–Trinajstić information content (AvgIpc) is 2.87. The van der Waals surface area contributed by atoms with Gasteiger partial charge in [0.15, 0.2) is 0 Å². The number of nitrogens with zero attached hydrogens (tertiary/aromatic N) is 3. The first kappa shape index (κ1) is 21.7. The number of pyridine rings is 1. The first-order valence-corrected chi connectivity index (χ1v) is 11.0. The lowest BCUT2D eigenvalue weighted by atomic mass is 10.0. The van der Waals surface area contributed by atoms with Crippen molar-refractivity contribution in [3.63, 3.8) is 0 Å². The van der Waals surface area contributed by atoms with Crippen molar-refractivity contribution in [2.75, 3.05) is 49.7 Å². The predicted molar refractivity (Wildman–Crippen MR) is 127 cm³/mol. The molecule has 3 aromatic rings. The molecule has 2 heterocycles. The fraction of sp³-hybridized carbons (Fsp3) is 0.308. The molecule has 6 nitrogen and oxygen atoms in total. The number of rotatable bonds is 8. The molecule has 6 heteroatoms. The van der Waals surface area contributed by atoms with Crippen LogP contribution in [0.15, 0.2) is 73.1 Å². The van der Waals surface area contributed by atoms with Gasteiger partial charge in [0, 0.05) is 61.9 Å². The molecule has 0 saturated carbocycles. The second-order valence-corrected chi connectivity index (χ2v) is 7.75. The van der Waals surface area contributed by atoms with Crippen LogP contribution in [0.1, 0.15) is 12.8 Å². The first-order chi connectivity index (χ1) is 15.7. The molecule has 0 bridgehead atoms. The minimum atomic E-state index is -0.208. The summed E-state index contributed by atoms with van der Waals surface area (Å²) in [6.45, 7) is 4.30. The molecule has 0 spiro atoms. The van der Waals surface area contributed by atoms with Gasteiger partial charge >= 0.3 is 5.97 Å². The summed E-state index contributed by atoms with van der Waals surface area (Å²) in [5.41, 5.74) is 4.76. The Labute approximate surface area is 189 Å². The van der Waals surface area contributed by atoms with Crippen LogP contribution in [-0.4, -0.2) is 50.8 Å². The molecule has 1 fully saturated rings. The number of esters is 1. The summed E-state index contributed by atoms with van der Waals surface area (Å²) < 4.78 is 10.6. The van der Waals surface area contributed by atoms with Crippen molar-refractivity contribution in [2.45, 2.75) is 12.8 Å². The van der Waals surface area contributed by atoms with Gasteiger partial charge in [-0.25, -0.2) is 0 Å². The van der Waals surface area contributed by atoms with Crippen molar-refractivity contribution >= 4 is 17.3 Å². The number of benzene rings is 2. The molecule has 32 heavy (non-hydrogen) atoms. The highest BCUT2D eigenvalue weighted by molar-refractivity contribution is 5.80. The van der Waals surface area contributed by atoms with Gasteiger partial charge in [0.25, 0.3) is 0 Å². The van der Waals surface area contributed by atoms with Crippen LogP contribution in [0.3, 0.4) is 0 Å². The summed E-state index contributed by atoms with van der Waals surface area (Å²) in [7, 11) is 1.41. The molecule has 1 aliphatic rings. The average molecular weight is 432 g/mol. The van der Waals surface area contributed by atoms with Crippen LogP contribution in [0.25, 0.3) is 11.1 Å². The van der Waals surface area contributed by atoms with Crippen LogP contribution in [0.4, 0.5) is 11.4 Å². The number of aromatic nitrogens is 1. The number of piperazine rings is 1. The summed E-state index contributed by atoms with van der Waals surface area (Å²) in [4.78, 5) is 20.3. The van der Waals surface area contributed by atoms with Crippen LogP contribution >= 0.6 is 0 Å². The van der Waals surface area contributed by atoms with Gasteiger partial charge in [-0.15, -0.1) is 0 Å². The summed E-state index contributed by atoms with van der Waals surface area (Å²) >= 11 is 0. The third-order valence-electron chi connectivity index (χ3n) is 5.72. The minimum Gasteiger partial charge on any atom is -0.494 e. The Morgan fingerprint density at radius 1 is 0.938 bits per heavy atom. The fourth-order valence-electron chi connectivity index (χ4n) is 4.00. The highest BCUT2D eigenvalue weighted by Gasteiger charge is 2.20. The van der Waals surface area contributed by atoms with Crippen molar-refractivity contribution in [3.05, 3.63) is 73.1 Å². The molecule has 0 radical (unpaired) electrons. The van der Waals surface area contributed by atoms with Crippen LogP contribution in [0, 0.1) is 0 Å². The van der Waals surface area contributed by atoms with E-state index in [9.17, 15) is 4.79 Å². The largest absolute Gasteiger partial charge is 0.494 e. The number of hydrogen-bond acceptors (Lipinski definition) is 6. The zero-order valence-corrected chi connectivity index (χ0v) is 18.4. The Hall–Kier alpha value is -3.54. The number of anilines is 2. The van der Waals surface area contributed by atoms with E-state index in [-0.39, 0.29) is 5.97 Å². The van der Waals surface area contributed by atoms with Crippen LogP contribution in [0.2, 0.25) is 0 Å². The lowest BCUT2D eigenvalue weighted by Crippen LogP contribution is -2.46. The highest BCUT2D eigenvalue weighted by atomic mass is 16.5. The quantitative estimate of drug-likeness (QED) is 0.389. The second kappa shape index (κ2) is 10.7. The molecule has 0 aliphatic carbocycles. The number of carbonyl (C=O) groups is 1. The predicted octanol–water partition coefficient (Wildman–Crippen LogP) is 4.41. The number of ether oxygens (including phenoxy) is 2. The maximum atomic E-state index is 11.3. The van der Waals surface area contributed by atoms with Crippen molar-refractivity contribution in [1.29, 1.82) is 0 Å². The molecule has 166 valence electrons. The van der Waals surface area contributed by atoms with E-state index in [4.69, 9.17) is 9.47 Å². The third-order valence-corrected chi connectivity index (χ3v) is 5.72. The first-order valence-electron chi connectivity index (χ1n) is 11.0. The van der Waals surface area contributed by atoms with Crippen LogP contribution in [-0.2, 0) is 9.53 Å². The molecule has 0 amide bonds. The smallest absolute Gasteiger partial charge is 0.305 e. The normalized spacial score (nSPS) is 13.7. The van der Waals surface area contributed by atoms with E-state index >= 15 is 0 Å². The van der Waals surface area contributed by atoms with Gasteiger partial charge in [-0.3, -0.25) is 9.78 Å². The zero-order valence-electron chi connectivity index (χ0n) is 18.4. The lowest BCUT2D eigenvalue weighted by Gasteiger charge is -2.38. The van der Waals surface area contributed by atoms with Gasteiger partial charge in [0.1, 0.15) is 5.75 Å². The molecular weight excluding hydrogens is 402 g/mol. The monoisotopic (exact) mass is 431 g/mol. The van der Waals surface area contributed by atoms with Crippen molar-refractivity contribution < 1.29 is 14.3 Å². The van der Waals surface area contributed by atoms with Crippen LogP contribution in [0.5, 0.6) is 5.75 Å². The zero-order chi connectivity index (χ0) is 22.2. The molecule has 1 saturated heterocycles. The minimum absolute atomic E-state index is 0.208. The lowest BCUT2D eigenvalue weighted by molar-refractivity contribution is -0.140. The van der Waals surface area contributed by atoms with Crippen molar-refractivity contribution in [2.24, 2.45) is 0 Å². The Morgan fingerprint density at radius 2 is 1.66 bits per heavy atom. The Balaban J connectivity index is 1.48. The fourth-order valence-corrected chi connectivity index (χ4v) is 4.00. The van der Waals surface area contributed by atoms with Gasteiger partial charge in [0.05, 0.1) is 13.7 Å². The standard InChI is InChI=1S/C26H29N3O3/c1-31-26(30)8-5-19-32-23-9-10-25(24(20-23)21-6-3-2-4-7-21)29-17-15-28(16-18-29)22-11-13-27-14-12-22/h2-4,6-7,9-14,20H,5,8,15-19H2,1H3. The van der Waals surface area contributed by atoms with E-state index in [2.05, 4.69) is 63.3 Å². The Bertz CT molecular complexity index is 1000. The molecule has 0 N–H and O–H groups in total. The van der Waals surface area contributed by atoms with Crippen molar-refractivity contribution in [1.82, 2.24) is 4.98 Å². The molecule has 1 aromatic heterocycles. The summed E-state index contributed by atoms with van der Waals surface area (Å²) in [6.07, 6.45) is 4.69. The number of methoxy groups -OCH3 is 1. The molecule has 1 aliphatic heterocycles. The topological polar surface area (TPSA) is 54.9 Å². The molecule has 2 aromatic carbocycles. The van der Waals surface area contributed by atoms with E-state index in [1.165, 1.54) is 24.0 Å². The molecule has 0 atom stereocenters. The number of hydrogen-bond donors (Lipinski definition) is 0. The maximum Gasteiger partial charge on any atom is 0.305 e. The van der Waals surface area contributed by atoms with E-state index in [1.54, 1.807) is 0 Å². The molecular formula is C26H29N3O3. The highest BCUT2D eigenvalue weighted by Crippen LogP contribution is 2.35. The second-order valence-electron chi connectivity index (χ2n) is 7.75. The Kier molecular flexibility index (Phi) is 7.23. The summed E-state index contributed by atoms with van der Waals surface area (Å²) in [6, 6.07) is 20.8. The van der Waals surface area contributed by atoms with E-state index < -0.39 is 0 Å². The summed E-state index contributed by atoms with van der Waals surface area (Å²) in [5.74, 6) is 0.604. The van der Waals surface area contributed by atoms with Gasteiger partial charge in [-0.2, -0.15) is 0 Å². The van der Waals surface area contributed by atoms with Gasteiger partial charge in [-0.1, -0.05) is 30.3 Å². The molecule has 0 unspecified atom stereocenters. The van der Waals surface area contributed by atoms with E-state index in [0.717, 1.165) is 37.5 Å². The van der Waals surface area contributed by atoms with Gasteiger partial charge in [-0.05, 0) is 42.3 Å². The SMILES string of the molecule is COC(=O)CCCOc1ccc(N2CCN(c3ccncc3)CC2)c(-c2ccccc2)c1. The van der Waals surface area contributed by atoms with E-state index in [1.807, 2.05) is 24.5 Å². The van der Waals surface area contributed by atoms with Gasteiger partial charge in [0.2, 0.25) is 0 Å². The maximum absolute atomic E-state index is 11.3. The number of carbonyl (C=O) groups excluding carboxylic acids is 1. The summed E-state index contributed by atoms with van der Waals surface area (Å²) in [5, 5.41) is 0. The molecule has 4 rings (SSSR count). The van der Waals surface area contributed by atoms with E-state index in [0.29, 0.717) is 19.4 Å². The van der Waals surface area contributed by atoms with Gasteiger partial charge < -0.3 is 19.3 Å².